The van der Waals surface area contributed by atoms with Crippen molar-refractivity contribution in [2.45, 2.75) is 26.3 Å². The van der Waals surface area contributed by atoms with Crippen molar-refractivity contribution in [1.82, 2.24) is 20.6 Å². The minimum atomic E-state index is 0.0125. The molecule has 24 heavy (non-hydrogen) atoms. The molecule has 7 heteroatoms. The Kier molecular flexibility index (Phi) is 5.17. The third-order valence-electron chi connectivity index (χ3n) is 3.80. The summed E-state index contributed by atoms with van der Waals surface area (Å²) in [6.07, 6.45) is 5.22. The lowest BCUT2D eigenvalue weighted by Crippen LogP contribution is -2.32. The van der Waals surface area contributed by atoms with Crippen LogP contribution in [-0.2, 0) is 19.4 Å². The average molecular weight is 347 g/mol. The number of aromatic nitrogens is 2. The van der Waals surface area contributed by atoms with Crippen molar-refractivity contribution in [3.05, 3.63) is 70.1 Å². The molecule has 6 nitrogen and oxygen atoms in total. The molecule has 0 saturated carbocycles. The third-order valence-corrected chi connectivity index (χ3v) is 4.05. The van der Waals surface area contributed by atoms with E-state index in [4.69, 9.17) is 16.1 Å². The van der Waals surface area contributed by atoms with Crippen molar-refractivity contribution in [2.75, 3.05) is 6.61 Å². The Balaban J connectivity index is 1.54. The van der Waals surface area contributed by atoms with Crippen molar-refractivity contribution in [1.29, 1.82) is 0 Å². The van der Waals surface area contributed by atoms with E-state index in [2.05, 4.69) is 15.6 Å². The minimum Gasteiger partial charge on any atom is -0.392 e. The molecule has 2 N–H and O–H groups in total. The summed E-state index contributed by atoms with van der Waals surface area (Å²) in [5.41, 5.74) is 6.11. The molecule has 2 aromatic rings. The first-order valence-electron chi connectivity index (χ1n) is 7.71. The van der Waals surface area contributed by atoms with Crippen molar-refractivity contribution in [3.8, 4) is 0 Å². The van der Waals surface area contributed by atoms with Crippen molar-refractivity contribution in [2.24, 2.45) is 0 Å². The number of aliphatic hydroxyl groups is 1. The van der Waals surface area contributed by atoms with Crippen molar-refractivity contribution >= 4 is 11.6 Å². The average Bonchev–Trinajstić information content (AvgIpc) is 3.02. The second-order valence-corrected chi connectivity index (χ2v) is 6.06. The molecule has 0 spiro atoms. The van der Waals surface area contributed by atoms with Gasteiger partial charge in [-0.2, -0.15) is 4.98 Å². The molecule has 126 valence electrons. The van der Waals surface area contributed by atoms with E-state index in [1.165, 1.54) is 5.56 Å². The van der Waals surface area contributed by atoms with E-state index in [0.29, 0.717) is 24.7 Å². The van der Waals surface area contributed by atoms with Gasteiger partial charge in [0.05, 0.1) is 6.61 Å². The first kappa shape index (κ1) is 16.5. The minimum absolute atomic E-state index is 0.0125. The van der Waals surface area contributed by atoms with Crippen LogP contribution in [0.3, 0.4) is 0 Å². The zero-order valence-corrected chi connectivity index (χ0v) is 14.1. The highest BCUT2D eigenvalue weighted by Gasteiger charge is 2.13. The van der Waals surface area contributed by atoms with Crippen LogP contribution in [0.5, 0.6) is 0 Å². The quantitative estimate of drug-likeness (QED) is 0.837. The summed E-state index contributed by atoms with van der Waals surface area (Å²) in [7, 11) is 0. The fraction of sp³-hybridized carbons (Fsp3) is 0.294. The zero-order chi connectivity index (χ0) is 16.9. The maximum atomic E-state index is 9.19. The molecule has 3 rings (SSSR count). The summed E-state index contributed by atoms with van der Waals surface area (Å²) < 4.78 is 5.30. The molecule has 2 heterocycles. The van der Waals surface area contributed by atoms with Gasteiger partial charge in [0.15, 0.2) is 5.82 Å². The molecule has 0 aliphatic carbocycles. The molecule has 0 bridgehead atoms. The summed E-state index contributed by atoms with van der Waals surface area (Å²) in [6, 6.07) is 7.76. The Morgan fingerprint density at radius 2 is 2.04 bits per heavy atom. The summed E-state index contributed by atoms with van der Waals surface area (Å²) >= 11 is 5.88. The second kappa shape index (κ2) is 7.51. The molecule has 1 aromatic heterocycles. The molecular weight excluding hydrogens is 328 g/mol. The fourth-order valence-electron chi connectivity index (χ4n) is 2.40. The zero-order valence-electron chi connectivity index (χ0n) is 13.4. The lowest BCUT2D eigenvalue weighted by Gasteiger charge is -2.24. The Hall–Kier alpha value is -2.31. The van der Waals surface area contributed by atoms with E-state index in [-0.39, 0.29) is 6.61 Å². The van der Waals surface area contributed by atoms with Crippen LogP contribution < -0.4 is 5.43 Å². The summed E-state index contributed by atoms with van der Waals surface area (Å²) in [5, 5.41) is 15.8. The van der Waals surface area contributed by atoms with Gasteiger partial charge in [-0.25, -0.2) is 0 Å². The van der Waals surface area contributed by atoms with Crippen LogP contribution in [0.15, 0.2) is 52.3 Å². The molecular formula is C17H19ClN4O2. The van der Waals surface area contributed by atoms with Gasteiger partial charge >= 0.3 is 0 Å². The Morgan fingerprint density at radius 1 is 1.25 bits per heavy atom. The van der Waals surface area contributed by atoms with Gasteiger partial charge < -0.3 is 15.1 Å². The van der Waals surface area contributed by atoms with Gasteiger partial charge in [0.1, 0.15) is 6.54 Å². The number of nitrogens with zero attached hydrogens (tertiary/aromatic N) is 3. The molecule has 0 atom stereocenters. The molecule has 0 radical (unpaired) electrons. The number of nitrogens with one attached hydrogen (secondary N) is 1. The number of halogens is 1. The molecule has 1 aliphatic heterocycles. The maximum Gasteiger partial charge on any atom is 0.248 e. The largest absolute Gasteiger partial charge is 0.392 e. The highest BCUT2D eigenvalue weighted by atomic mass is 35.5. The Bertz CT molecular complexity index is 752. The highest BCUT2D eigenvalue weighted by Crippen LogP contribution is 2.15. The molecule has 0 amide bonds. The van der Waals surface area contributed by atoms with E-state index in [1.807, 2.05) is 42.4 Å². The summed E-state index contributed by atoms with van der Waals surface area (Å²) in [6.45, 7) is 2.42. The van der Waals surface area contributed by atoms with E-state index >= 15 is 0 Å². The predicted molar refractivity (Wildman–Crippen MR) is 90.8 cm³/mol. The molecule has 1 aliphatic rings. The van der Waals surface area contributed by atoms with Gasteiger partial charge in [-0.05, 0) is 42.2 Å². The number of hydrogen-bond acceptors (Lipinski definition) is 6. The van der Waals surface area contributed by atoms with E-state index < -0.39 is 0 Å². The lowest BCUT2D eigenvalue weighted by atomic mass is 10.1. The Labute approximate surface area is 145 Å². The number of rotatable bonds is 6. The van der Waals surface area contributed by atoms with Gasteiger partial charge in [0.25, 0.3) is 0 Å². The van der Waals surface area contributed by atoms with Gasteiger partial charge in [0, 0.05) is 23.8 Å². The van der Waals surface area contributed by atoms with Crippen LogP contribution in [0.25, 0.3) is 0 Å². The van der Waals surface area contributed by atoms with E-state index in [0.717, 1.165) is 22.6 Å². The normalized spacial score (nSPS) is 14.2. The number of hydrogen-bond donors (Lipinski definition) is 2. The van der Waals surface area contributed by atoms with Crippen molar-refractivity contribution in [3.63, 3.8) is 0 Å². The molecule has 0 fully saturated rings. The monoisotopic (exact) mass is 346 g/mol. The first-order chi connectivity index (χ1) is 11.6. The predicted octanol–water partition coefficient (Wildman–Crippen LogP) is 2.61. The van der Waals surface area contributed by atoms with Crippen LogP contribution in [0.1, 0.15) is 24.2 Å². The van der Waals surface area contributed by atoms with Gasteiger partial charge in [-0.1, -0.05) is 28.9 Å². The number of hydrazine groups is 1. The van der Waals surface area contributed by atoms with Gasteiger partial charge in [0.2, 0.25) is 5.89 Å². The fourth-order valence-corrected chi connectivity index (χ4v) is 2.53. The van der Waals surface area contributed by atoms with Crippen LogP contribution >= 0.6 is 11.6 Å². The number of aliphatic hydroxyl groups excluding tert-OH is 1. The van der Waals surface area contributed by atoms with Crippen LogP contribution in [0.2, 0.25) is 5.02 Å². The number of benzene rings is 1. The maximum absolute atomic E-state index is 9.19. The highest BCUT2D eigenvalue weighted by molar-refractivity contribution is 6.30. The molecule has 1 aromatic carbocycles. The van der Waals surface area contributed by atoms with E-state index in [9.17, 15) is 5.11 Å². The topological polar surface area (TPSA) is 74.4 Å². The third kappa shape index (κ3) is 4.15. The van der Waals surface area contributed by atoms with E-state index in [1.54, 1.807) is 6.20 Å². The second-order valence-electron chi connectivity index (χ2n) is 5.63. The van der Waals surface area contributed by atoms with Crippen LogP contribution in [-0.4, -0.2) is 26.9 Å². The standard InChI is InChI=1S/C17H19ClN4O2/c1-12-9-22(19-8-14(12)11-23)10-17-20-16(21-24-17)7-4-13-2-5-15(18)6-3-13/h2-3,5-6,8-9,19,23H,4,7,10-11H2,1H3. The summed E-state index contributed by atoms with van der Waals surface area (Å²) in [4.78, 5) is 4.42. The Morgan fingerprint density at radius 3 is 2.75 bits per heavy atom. The number of aryl methyl sites for hydroxylation is 2. The van der Waals surface area contributed by atoms with Crippen molar-refractivity contribution < 1.29 is 9.63 Å². The smallest absolute Gasteiger partial charge is 0.248 e. The SMILES string of the molecule is CC1=CN(Cc2nc(CCc3ccc(Cl)cc3)no2)NC=C1CO. The van der Waals surface area contributed by atoms with Crippen LogP contribution in [0.4, 0.5) is 0 Å². The van der Waals surface area contributed by atoms with Crippen LogP contribution in [0, 0.1) is 0 Å². The van der Waals surface area contributed by atoms with Gasteiger partial charge in [-0.3, -0.25) is 5.01 Å². The molecule has 0 saturated heterocycles. The lowest BCUT2D eigenvalue weighted by molar-refractivity contribution is 0.245. The molecule has 0 unspecified atom stereocenters. The van der Waals surface area contributed by atoms with Gasteiger partial charge in [-0.15, -0.1) is 0 Å². The summed E-state index contributed by atoms with van der Waals surface area (Å²) in [5.74, 6) is 1.22. The first-order valence-corrected chi connectivity index (χ1v) is 8.09.